The van der Waals surface area contributed by atoms with Gasteiger partial charge in [-0.1, -0.05) is 74.1 Å². The van der Waals surface area contributed by atoms with Crippen LogP contribution in [0.4, 0.5) is 0 Å². The zero-order chi connectivity index (χ0) is 23.2. The standard InChI is InChI=1S/C26H28N4OS2/c1-5-15-30-24(19(4)31-23-13-11-20(12-14-23)18(2)3)28-29-26(30)33-17-22-16-32-25(27-22)21-9-7-6-8-10-21/h5-14,16,18-19H,1,15,17H2,2-4H3. The maximum Gasteiger partial charge on any atom is 0.192 e. The highest BCUT2D eigenvalue weighted by Crippen LogP contribution is 2.29. The molecule has 2 heterocycles. The lowest BCUT2D eigenvalue weighted by atomic mass is 10.0. The Labute approximate surface area is 203 Å². The normalized spacial score (nSPS) is 12.1. The van der Waals surface area contributed by atoms with Gasteiger partial charge in [0.1, 0.15) is 10.8 Å². The van der Waals surface area contributed by atoms with Gasteiger partial charge in [0.2, 0.25) is 0 Å². The molecule has 0 N–H and O–H groups in total. The maximum absolute atomic E-state index is 6.17. The first-order valence-corrected chi connectivity index (χ1v) is 12.8. The van der Waals surface area contributed by atoms with Crippen molar-refractivity contribution >= 4 is 23.1 Å². The van der Waals surface area contributed by atoms with Gasteiger partial charge in [0.15, 0.2) is 17.1 Å². The number of hydrogen-bond donors (Lipinski definition) is 0. The maximum atomic E-state index is 6.17. The summed E-state index contributed by atoms with van der Waals surface area (Å²) in [6, 6.07) is 18.5. The molecule has 0 aliphatic heterocycles. The molecule has 0 radical (unpaired) electrons. The van der Waals surface area contributed by atoms with Gasteiger partial charge in [-0.05, 0) is 30.5 Å². The molecule has 0 saturated carbocycles. The number of nitrogens with zero attached hydrogens (tertiary/aromatic N) is 4. The summed E-state index contributed by atoms with van der Waals surface area (Å²) in [5.41, 5.74) is 3.47. The lowest BCUT2D eigenvalue weighted by Gasteiger charge is -2.16. The number of rotatable bonds is 10. The van der Waals surface area contributed by atoms with Gasteiger partial charge in [0.25, 0.3) is 0 Å². The molecule has 0 bridgehead atoms. The van der Waals surface area contributed by atoms with E-state index in [9.17, 15) is 0 Å². The van der Waals surface area contributed by atoms with Crippen LogP contribution in [0.15, 0.2) is 77.8 Å². The minimum absolute atomic E-state index is 0.236. The molecule has 0 saturated heterocycles. The van der Waals surface area contributed by atoms with E-state index in [0.29, 0.717) is 12.5 Å². The Balaban J connectivity index is 1.45. The number of thiazole rings is 1. The molecule has 0 aliphatic carbocycles. The van der Waals surface area contributed by atoms with E-state index in [4.69, 9.17) is 9.72 Å². The molecule has 0 spiro atoms. The average Bonchev–Trinajstić information content (AvgIpc) is 3.46. The third kappa shape index (κ3) is 5.72. The summed E-state index contributed by atoms with van der Waals surface area (Å²) in [5.74, 6) is 2.83. The number of thioether (sulfide) groups is 1. The fourth-order valence-corrected chi connectivity index (χ4v) is 5.20. The molecule has 0 amide bonds. The Bertz CT molecular complexity index is 1180. The van der Waals surface area contributed by atoms with E-state index in [0.717, 1.165) is 38.7 Å². The minimum Gasteiger partial charge on any atom is -0.483 e. The second kappa shape index (κ2) is 10.8. The smallest absolute Gasteiger partial charge is 0.192 e. The number of hydrogen-bond acceptors (Lipinski definition) is 6. The highest BCUT2D eigenvalue weighted by Gasteiger charge is 2.19. The number of benzene rings is 2. The van der Waals surface area contributed by atoms with Crippen molar-refractivity contribution in [3.8, 4) is 16.3 Å². The first kappa shape index (κ1) is 23.3. The van der Waals surface area contributed by atoms with Crippen LogP contribution >= 0.6 is 23.1 Å². The third-order valence-electron chi connectivity index (χ3n) is 5.20. The van der Waals surface area contributed by atoms with Crippen molar-refractivity contribution < 1.29 is 4.74 Å². The quantitative estimate of drug-likeness (QED) is 0.180. The Morgan fingerprint density at radius 3 is 2.52 bits per heavy atom. The highest BCUT2D eigenvalue weighted by molar-refractivity contribution is 7.98. The Morgan fingerprint density at radius 1 is 1.06 bits per heavy atom. The van der Waals surface area contributed by atoms with E-state index in [1.807, 2.05) is 43.3 Å². The van der Waals surface area contributed by atoms with Gasteiger partial charge in [-0.15, -0.1) is 28.1 Å². The van der Waals surface area contributed by atoms with Crippen molar-refractivity contribution in [3.05, 3.63) is 89.7 Å². The molecule has 2 aromatic heterocycles. The van der Waals surface area contributed by atoms with Gasteiger partial charge >= 0.3 is 0 Å². The SMILES string of the molecule is C=CCn1c(SCc2csc(-c3ccccc3)n2)nnc1C(C)Oc1ccc(C(C)C)cc1. The fourth-order valence-electron chi connectivity index (χ4n) is 3.42. The number of aromatic nitrogens is 4. The van der Waals surface area contributed by atoms with E-state index in [1.54, 1.807) is 23.1 Å². The Kier molecular flexibility index (Phi) is 7.62. The van der Waals surface area contributed by atoms with Crippen LogP contribution in [0.3, 0.4) is 0 Å². The Morgan fingerprint density at radius 2 is 1.82 bits per heavy atom. The van der Waals surface area contributed by atoms with Crippen LogP contribution in [0.2, 0.25) is 0 Å². The van der Waals surface area contributed by atoms with Gasteiger partial charge in [-0.25, -0.2) is 4.98 Å². The molecule has 1 atom stereocenters. The molecule has 33 heavy (non-hydrogen) atoms. The summed E-state index contributed by atoms with van der Waals surface area (Å²) in [6.45, 7) is 10.9. The zero-order valence-corrected chi connectivity index (χ0v) is 20.8. The van der Waals surface area contributed by atoms with Crippen LogP contribution in [-0.2, 0) is 12.3 Å². The van der Waals surface area contributed by atoms with Crippen LogP contribution < -0.4 is 4.74 Å². The van der Waals surface area contributed by atoms with Crippen molar-refractivity contribution in [2.75, 3.05) is 0 Å². The van der Waals surface area contributed by atoms with E-state index < -0.39 is 0 Å². The van der Waals surface area contributed by atoms with Crippen LogP contribution in [-0.4, -0.2) is 19.7 Å². The third-order valence-corrected chi connectivity index (χ3v) is 7.14. The summed E-state index contributed by atoms with van der Waals surface area (Å²) >= 11 is 3.29. The zero-order valence-electron chi connectivity index (χ0n) is 19.1. The molecular weight excluding hydrogens is 448 g/mol. The van der Waals surface area contributed by atoms with Gasteiger partial charge in [0.05, 0.1) is 5.69 Å². The summed E-state index contributed by atoms with van der Waals surface area (Å²) in [4.78, 5) is 4.78. The largest absolute Gasteiger partial charge is 0.483 e. The summed E-state index contributed by atoms with van der Waals surface area (Å²) in [5, 5.41) is 12.9. The van der Waals surface area contributed by atoms with Crippen molar-refractivity contribution in [3.63, 3.8) is 0 Å². The minimum atomic E-state index is -0.236. The van der Waals surface area contributed by atoms with Crippen molar-refractivity contribution in [1.82, 2.24) is 19.7 Å². The van der Waals surface area contributed by atoms with Crippen LogP contribution in [0.25, 0.3) is 10.6 Å². The molecule has 0 aliphatic rings. The average molecular weight is 477 g/mol. The Hall–Kier alpha value is -2.90. The van der Waals surface area contributed by atoms with Gasteiger partial charge < -0.3 is 4.74 Å². The van der Waals surface area contributed by atoms with E-state index in [2.05, 4.69) is 64.8 Å². The first-order chi connectivity index (χ1) is 16.0. The predicted octanol–water partition coefficient (Wildman–Crippen LogP) is 7.14. The molecule has 4 rings (SSSR count). The highest BCUT2D eigenvalue weighted by atomic mass is 32.2. The molecule has 7 heteroatoms. The fraction of sp³-hybridized carbons (Fsp3) is 0.269. The molecule has 4 aromatic rings. The van der Waals surface area contributed by atoms with Gasteiger partial charge in [-0.2, -0.15) is 0 Å². The monoisotopic (exact) mass is 476 g/mol. The second-order valence-electron chi connectivity index (χ2n) is 8.02. The molecule has 5 nitrogen and oxygen atoms in total. The first-order valence-electron chi connectivity index (χ1n) is 11.0. The number of allylic oxidation sites excluding steroid dienone is 1. The van der Waals surface area contributed by atoms with Crippen molar-refractivity contribution in [2.45, 2.75) is 50.2 Å². The molecule has 1 unspecified atom stereocenters. The predicted molar refractivity (Wildman–Crippen MR) is 137 cm³/mol. The van der Waals surface area contributed by atoms with Crippen LogP contribution in [0.1, 0.15) is 49.9 Å². The van der Waals surface area contributed by atoms with Crippen molar-refractivity contribution in [1.29, 1.82) is 0 Å². The lowest BCUT2D eigenvalue weighted by molar-refractivity contribution is 0.210. The summed E-state index contributed by atoms with van der Waals surface area (Å²) in [6.07, 6.45) is 1.62. The van der Waals surface area contributed by atoms with Crippen LogP contribution in [0.5, 0.6) is 5.75 Å². The van der Waals surface area contributed by atoms with E-state index in [-0.39, 0.29) is 6.10 Å². The summed E-state index contributed by atoms with van der Waals surface area (Å²) < 4.78 is 8.24. The van der Waals surface area contributed by atoms with Gasteiger partial charge in [-0.3, -0.25) is 4.57 Å². The number of ether oxygens (including phenoxy) is 1. The lowest BCUT2D eigenvalue weighted by Crippen LogP contribution is -2.12. The molecule has 2 aromatic carbocycles. The summed E-state index contributed by atoms with van der Waals surface area (Å²) in [7, 11) is 0. The second-order valence-corrected chi connectivity index (χ2v) is 9.82. The molecule has 0 fully saturated rings. The van der Waals surface area contributed by atoms with E-state index >= 15 is 0 Å². The molecular formula is C26H28N4OS2. The van der Waals surface area contributed by atoms with Crippen LogP contribution in [0, 0.1) is 0 Å². The van der Waals surface area contributed by atoms with Crippen molar-refractivity contribution in [2.24, 2.45) is 0 Å². The van der Waals surface area contributed by atoms with E-state index in [1.165, 1.54) is 5.56 Å². The topological polar surface area (TPSA) is 52.8 Å². The molecule has 170 valence electrons. The van der Waals surface area contributed by atoms with Gasteiger partial charge in [0, 0.05) is 23.2 Å².